The summed E-state index contributed by atoms with van der Waals surface area (Å²) >= 11 is 0. The fourth-order valence-electron chi connectivity index (χ4n) is 9.34. The second-order valence-electron chi connectivity index (χ2n) is 18.0. The Kier molecular flexibility index (Phi) is 10.7. The number of fused-ring (bicyclic) bond motifs is 3. The predicted molar refractivity (Wildman–Crippen MR) is 202 cm³/mol. The summed E-state index contributed by atoms with van der Waals surface area (Å²) in [5, 5.41) is 5.04. The zero-order chi connectivity index (χ0) is 39.3. The van der Waals surface area contributed by atoms with Gasteiger partial charge in [0.1, 0.15) is 23.7 Å². The molecule has 3 N–H and O–H groups in total. The van der Waals surface area contributed by atoms with Crippen LogP contribution in [0.15, 0.2) is 18.2 Å². The lowest BCUT2D eigenvalue weighted by molar-refractivity contribution is -0.143. The number of amides is 5. The lowest BCUT2D eigenvalue weighted by Crippen LogP contribution is -2.60. The molecular weight excluding hydrogens is 727 g/mol. The molecule has 6 aliphatic rings. The van der Waals surface area contributed by atoms with Crippen molar-refractivity contribution in [2.75, 3.05) is 13.2 Å². The molecule has 3 saturated carbocycles. The van der Waals surface area contributed by atoms with Gasteiger partial charge in [-0.1, -0.05) is 71.6 Å². The largest absolute Gasteiger partial charge is 0.449 e. The summed E-state index contributed by atoms with van der Waals surface area (Å²) in [6, 6.07) is 3.89. The van der Waals surface area contributed by atoms with Gasteiger partial charge >= 0.3 is 12.2 Å². The zero-order valence-electron chi connectivity index (χ0n) is 32.6. The maximum Gasteiger partial charge on any atom is 0.410 e. The van der Waals surface area contributed by atoms with Crippen LogP contribution in [0.3, 0.4) is 0 Å². The fourth-order valence-corrected chi connectivity index (χ4v) is 10.7. The molecule has 3 aliphatic carbocycles. The molecule has 14 nitrogen and oxygen atoms in total. The Morgan fingerprint density at radius 3 is 2.35 bits per heavy atom. The standard InChI is InChI=1S/C40H57N5O9S/c1-5-27-20-40(27,35(48)43-55(51,52)29-14-15-29)42-33(46)31-19-28-22-45(31)34(47)32(38(2,3)4)41-36(49)53-24-39(17-8-9-18-39)16-7-6-11-25-12-10-13-26-21-44(23-30(25)26)37(50)54-28/h10,12-13,27-29,31-32H,5-9,11,14-24H2,1-4H3,(H,41,49)(H,42,46)(H,43,48)/t27-,28-,31+,32-,40-/m1/s1. The van der Waals surface area contributed by atoms with Gasteiger partial charge < -0.3 is 25.0 Å². The number of hydrogen-bond acceptors (Lipinski definition) is 9. The van der Waals surface area contributed by atoms with E-state index in [4.69, 9.17) is 9.47 Å². The average molecular weight is 784 g/mol. The van der Waals surface area contributed by atoms with Crippen LogP contribution in [-0.2, 0) is 53.4 Å². The van der Waals surface area contributed by atoms with Gasteiger partial charge in [-0.2, -0.15) is 0 Å². The SMILES string of the molecule is CC[C@@H]1C[C@]1(NC(=O)[C@@H]1C[C@@H]2CN1C(=O)[C@H](C(C)(C)C)NC(=O)OCC1(CCCCc3cccc4c3CN(C4)C(=O)O2)CCCC1)C(=O)NS(=O)(=O)C1CC1. The van der Waals surface area contributed by atoms with E-state index in [2.05, 4.69) is 21.4 Å². The molecule has 1 aromatic rings. The zero-order valence-corrected chi connectivity index (χ0v) is 33.4. The lowest BCUT2D eigenvalue weighted by atomic mass is 9.81. The van der Waals surface area contributed by atoms with Gasteiger partial charge in [0, 0.05) is 24.9 Å². The van der Waals surface area contributed by atoms with Crippen molar-refractivity contribution in [2.24, 2.45) is 16.7 Å². The maximum absolute atomic E-state index is 14.6. The highest BCUT2D eigenvalue weighted by Gasteiger charge is 2.62. The molecule has 0 unspecified atom stereocenters. The highest BCUT2D eigenvalue weighted by atomic mass is 32.2. The van der Waals surface area contributed by atoms with Crippen molar-refractivity contribution in [3.05, 3.63) is 34.9 Å². The number of sulfonamides is 1. The van der Waals surface area contributed by atoms with Crippen LogP contribution in [0.4, 0.5) is 9.59 Å². The normalized spacial score (nSPS) is 30.0. The van der Waals surface area contributed by atoms with E-state index in [1.54, 1.807) is 4.90 Å². The number of benzene rings is 1. The van der Waals surface area contributed by atoms with E-state index < -0.39 is 74.3 Å². The Hall–Kier alpha value is -3.88. The molecule has 302 valence electrons. The number of nitrogens with zero attached hydrogens (tertiary/aromatic N) is 2. The van der Waals surface area contributed by atoms with Crippen molar-refractivity contribution in [3.63, 3.8) is 0 Å². The molecule has 5 atom stereocenters. The lowest BCUT2D eigenvalue weighted by Gasteiger charge is -2.36. The molecule has 1 saturated heterocycles. The third kappa shape index (κ3) is 8.18. The number of cyclic esters (lactones) is 1. The predicted octanol–water partition coefficient (Wildman–Crippen LogP) is 4.43. The van der Waals surface area contributed by atoms with Crippen LogP contribution in [-0.4, -0.2) is 90.3 Å². The van der Waals surface area contributed by atoms with Crippen molar-refractivity contribution in [2.45, 2.75) is 153 Å². The number of carbonyl (C=O) groups is 5. The maximum atomic E-state index is 14.6. The summed E-state index contributed by atoms with van der Waals surface area (Å²) in [5.74, 6) is -2.29. The molecule has 4 bridgehead atoms. The van der Waals surface area contributed by atoms with Gasteiger partial charge in [-0.25, -0.2) is 18.0 Å². The molecule has 3 aliphatic heterocycles. The Morgan fingerprint density at radius 1 is 1.00 bits per heavy atom. The molecule has 3 heterocycles. The number of rotatable bonds is 6. The van der Waals surface area contributed by atoms with E-state index in [1.807, 2.05) is 39.8 Å². The summed E-state index contributed by atoms with van der Waals surface area (Å²) in [7, 11) is -3.88. The van der Waals surface area contributed by atoms with E-state index in [0.29, 0.717) is 32.4 Å². The first-order valence-corrected chi connectivity index (χ1v) is 21.8. The molecular formula is C40H57N5O9S. The highest BCUT2D eigenvalue weighted by molar-refractivity contribution is 7.91. The quantitative estimate of drug-likeness (QED) is 0.376. The van der Waals surface area contributed by atoms with E-state index in [0.717, 1.165) is 62.5 Å². The number of nitrogens with one attached hydrogen (secondary N) is 3. The van der Waals surface area contributed by atoms with Crippen LogP contribution in [0.25, 0.3) is 0 Å². The topological polar surface area (TPSA) is 181 Å². The van der Waals surface area contributed by atoms with E-state index in [9.17, 15) is 32.4 Å². The smallest absolute Gasteiger partial charge is 0.410 e. The van der Waals surface area contributed by atoms with E-state index in [-0.39, 0.29) is 37.3 Å². The van der Waals surface area contributed by atoms with Crippen molar-refractivity contribution >= 4 is 39.9 Å². The van der Waals surface area contributed by atoms with Gasteiger partial charge in [0.05, 0.1) is 18.4 Å². The highest BCUT2D eigenvalue weighted by Crippen LogP contribution is 2.47. The first-order chi connectivity index (χ1) is 26.0. The summed E-state index contributed by atoms with van der Waals surface area (Å²) in [6.07, 6.45) is 7.36. The Bertz CT molecular complexity index is 1820. The van der Waals surface area contributed by atoms with Crippen LogP contribution in [0.1, 0.15) is 121 Å². The van der Waals surface area contributed by atoms with Gasteiger partial charge in [0.25, 0.3) is 5.91 Å². The average Bonchev–Trinajstić information content (AvgIpc) is 3.94. The summed E-state index contributed by atoms with van der Waals surface area (Å²) in [5.41, 5.74) is 1.01. The number of alkyl carbamates (subject to hydrolysis) is 1. The second kappa shape index (κ2) is 14.9. The third-order valence-corrected chi connectivity index (χ3v) is 14.8. The minimum atomic E-state index is -3.88. The van der Waals surface area contributed by atoms with Crippen LogP contribution in [0, 0.1) is 16.7 Å². The van der Waals surface area contributed by atoms with E-state index >= 15 is 0 Å². The van der Waals surface area contributed by atoms with Crippen molar-refractivity contribution in [1.82, 2.24) is 25.2 Å². The van der Waals surface area contributed by atoms with Crippen molar-refractivity contribution < 1.29 is 41.9 Å². The van der Waals surface area contributed by atoms with Gasteiger partial charge in [0.2, 0.25) is 21.8 Å². The molecule has 0 radical (unpaired) electrons. The first kappa shape index (κ1) is 39.4. The molecule has 1 aromatic carbocycles. The number of ether oxygens (including phenoxy) is 2. The van der Waals surface area contributed by atoms with Crippen molar-refractivity contribution in [3.8, 4) is 0 Å². The minimum Gasteiger partial charge on any atom is -0.449 e. The van der Waals surface area contributed by atoms with Crippen LogP contribution >= 0.6 is 0 Å². The first-order valence-electron chi connectivity index (χ1n) is 20.2. The second-order valence-corrected chi connectivity index (χ2v) is 20.0. The molecule has 5 amide bonds. The van der Waals surface area contributed by atoms with E-state index in [1.165, 1.54) is 10.5 Å². The molecule has 7 rings (SSSR count). The molecule has 0 aromatic heterocycles. The van der Waals surface area contributed by atoms with Crippen LogP contribution < -0.4 is 15.4 Å². The van der Waals surface area contributed by atoms with Crippen LogP contribution in [0.2, 0.25) is 0 Å². The van der Waals surface area contributed by atoms with Gasteiger partial charge in [0.15, 0.2) is 0 Å². The molecule has 1 spiro atoms. The summed E-state index contributed by atoms with van der Waals surface area (Å²) in [4.78, 5) is 72.7. The molecule has 15 heteroatoms. The third-order valence-electron chi connectivity index (χ3n) is 13.0. The molecule has 55 heavy (non-hydrogen) atoms. The summed E-state index contributed by atoms with van der Waals surface area (Å²) in [6.45, 7) is 8.22. The van der Waals surface area contributed by atoms with Gasteiger partial charge in [-0.3, -0.25) is 24.0 Å². The molecule has 4 fully saturated rings. The van der Waals surface area contributed by atoms with Gasteiger partial charge in [-0.15, -0.1) is 0 Å². The number of hydrogen-bond donors (Lipinski definition) is 3. The Morgan fingerprint density at radius 2 is 1.69 bits per heavy atom. The summed E-state index contributed by atoms with van der Waals surface area (Å²) < 4.78 is 39.6. The van der Waals surface area contributed by atoms with Gasteiger partial charge in [-0.05, 0) is 79.4 Å². The fraction of sp³-hybridized carbons (Fsp3) is 0.725. The number of carbonyl (C=O) groups excluding carboxylic acids is 5. The van der Waals surface area contributed by atoms with Crippen LogP contribution in [0.5, 0.6) is 0 Å². The Balaban J connectivity index is 1.16. The van der Waals surface area contributed by atoms with Crippen molar-refractivity contribution in [1.29, 1.82) is 0 Å². The minimum absolute atomic E-state index is 0.0476. The Labute approximate surface area is 324 Å². The number of aryl methyl sites for hydroxylation is 1. The monoisotopic (exact) mass is 783 g/mol.